The number of aromatic amines is 1. The third-order valence-electron chi connectivity index (χ3n) is 5.93. The number of nitrogens with zero attached hydrogens (tertiary/aromatic N) is 5. The van der Waals surface area contributed by atoms with Gasteiger partial charge in [-0.3, -0.25) is 34.1 Å². The minimum Gasteiger partial charge on any atom is -0.496 e. The number of ether oxygens (including phenoxy) is 2. The molecule has 3 aromatic carbocycles. The van der Waals surface area contributed by atoms with Crippen LogP contribution in [0, 0.1) is 20.2 Å². The summed E-state index contributed by atoms with van der Waals surface area (Å²) in [6.45, 7) is 0. The molecule has 1 heterocycles. The number of hydrogen-bond donors (Lipinski definition) is 4. The summed E-state index contributed by atoms with van der Waals surface area (Å²) in [7, 11) is -8.34. The van der Waals surface area contributed by atoms with E-state index >= 15 is 0 Å². The van der Waals surface area contributed by atoms with E-state index in [0.717, 1.165) is 14.2 Å². The van der Waals surface area contributed by atoms with Gasteiger partial charge >= 0.3 is 20.2 Å². The molecule has 20 nitrogen and oxygen atoms in total. The average molecular weight is 652 g/mol. The summed E-state index contributed by atoms with van der Waals surface area (Å²) in [4.78, 5) is 31.7. The largest absolute Gasteiger partial charge is 0.496 e. The Morgan fingerprint density at radius 3 is 1.84 bits per heavy atom. The van der Waals surface area contributed by atoms with Crippen LogP contribution < -0.4 is 14.8 Å². The van der Waals surface area contributed by atoms with E-state index in [4.69, 9.17) is 9.47 Å². The maximum absolute atomic E-state index is 12.9. The van der Waals surface area contributed by atoms with Crippen LogP contribution in [0.3, 0.4) is 0 Å². The molecule has 0 aliphatic carbocycles. The molecule has 0 saturated carbocycles. The molecule has 0 spiro atoms. The summed E-state index contributed by atoms with van der Waals surface area (Å²) in [5.74, 6) is -2.13. The maximum Gasteiger partial charge on any atom is 0.301 e. The van der Waals surface area contributed by atoms with Crippen LogP contribution in [0.5, 0.6) is 11.5 Å². The van der Waals surface area contributed by atoms with Gasteiger partial charge in [-0.1, -0.05) is 12.1 Å². The molecule has 0 fully saturated rings. The van der Waals surface area contributed by atoms with Crippen molar-refractivity contribution in [2.45, 2.75) is 9.79 Å². The lowest BCUT2D eigenvalue weighted by Gasteiger charge is -2.20. The number of amides is 1. The van der Waals surface area contributed by atoms with E-state index in [1.54, 1.807) is 0 Å². The Hall–Kier alpha value is -5.58. The molecule has 44 heavy (non-hydrogen) atoms. The fourth-order valence-corrected chi connectivity index (χ4v) is 5.48. The molecule has 1 amide bonds. The number of aromatic nitrogens is 4. The molecule has 0 radical (unpaired) electrons. The molecular weight excluding hydrogens is 634 g/mol. The van der Waals surface area contributed by atoms with Gasteiger partial charge in [0.05, 0.1) is 36.2 Å². The number of nitrogens with one attached hydrogen (secondary N) is 2. The number of tetrazole rings is 1. The topological polar surface area (TPSA) is 297 Å². The maximum atomic E-state index is 12.9. The van der Waals surface area contributed by atoms with Crippen LogP contribution in [-0.2, 0) is 20.2 Å². The van der Waals surface area contributed by atoms with Crippen molar-refractivity contribution in [2.75, 3.05) is 19.5 Å². The van der Waals surface area contributed by atoms with E-state index in [1.807, 2.05) is 0 Å². The summed E-state index contributed by atoms with van der Waals surface area (Å²) in [6.07, 6.45) is 0. The Balaban J connectivity index is 2.19. The van der Waals surface area contributed by atoms with Gasteiger partial charge in [-0.15, -0.1) is 10.2 Å². The van der Waals surface area contributed by atoms with Gasteiger partial charge in [0.1, 0.15) is 11.5 Å². The third kappa shape index (κ3) is 5.98. The van der Waals surface area contributed by atoms with Crippen LogP contribution >= 0.6 is 0 Å². The van der Waals surface area contributed by atoms with Crippen LogP contribution in [-0.4, -0.2) is 76.5 Å². The average Bonchev–Trinajstić information content (AvgIpc) is 3.50. The molecule has 0 aliphatic rings. The molecule has 0 bridgehead atoms. The first-order valence-corrected chi connectivity index (χ1v) is 14.3. The highest BCUT2D eigenvalue weighted by molar-refractivity contribution is 7.86. The van der Waals surface area contributed by atoms with Gasteiger partial charge in [-0.05, 0) is 29.0 Å². The summed E-state index contributed by atoms with van der Waals surface area (Å²) in [5.41, 5.74) is -3.28. The molecule has 4 rings (SSSR count). The predicted octanol–water partition coefficient (Wildman–Crippen LogP) is 2.11. The zero-order valence-electron chi connectivity index (χ0n) is 22.0. The number of hydrogen-bond acceptors (Lipinski definition) is 14. The lowest BCUT2D eigenvalue weighted by Crippen LogP contribution is -2.15. The molecular formula is C22H17N7O13S2. The van der Waals surface area contributed by atoms with Crippen molar-refractivity contribution in [3.63, 3.8) is 0 Å². The highest BCUT2D eigenvalue weighted by atomic mass is 32.2. The van der Waals surface area contributed by atoms with Gasteiger partial charge in [-0.25, -0.2) is 0 Å². The van der Waals surface area contributed by atoms with Crippen molar-refractivity contribution in [1.82, 2.24) is 20.6 Å². The highest BCUT2D eigenvalue weighted by Crippen LogP contribution is 2.48. The second kappa shape index (κ2) is 11.6. The first-order chi connectivity index (χ1) is 20.6. The van der Waals surface area contributed by atoms with E-state index in [2.05, 4.69) is 25.9 Å². The van der Waals surface area contributed by atoms with Crippen LogP contribution in [0.2, 0.25) is 0 Å². The Bertz CT molecular complexity index is 2050. The number of methoxy groups -OCH3 is 2. The molecule has 4 aromatic rings. The summed E-state index contributed by atoms with van der Waals surface area (Å²) >= 11 is 0. The number of anilines is 1. The Kier molecular flexibility index (Phi) is 8.27. The molecule has 0 unspecified atom stereocenters. The van der Waals surface area contributed by atoms with E-state index in [1.165, 1.54) is 18.2 Å². The second-order valence-electron chi connectivity index (χ2n) is 8.42. The summed E-state index contributed by atoms with van der Waals surface area (Å²) < 4.78 is 78.8. The fraction of sp³-hybridized carbons (Fsp3) is 0.0909. The van der Waals surface area contributed by atoms with Crippen molar-refractivity contribution in [1.29, 1.82) is 0 Å². The Morgan fingerprint density at radius 1 is 0.864 bits per heavy atom. The van der Waals surface area contributed by atoms with E-state index in [-0.39, 0.29) is 39.4 Å². The molecule has 22 heteroatoms. The molecule has 1 aromatic heterocycles. The Labute approximate surface area is 245 Å². The van der Waals surface area contributed by atoms with Gasteiger partial charge in [0.25, 0.3) is 23.1 Å². The van der Waals surface area contributed by atoms with Crippen LogP contribution in [0.25, 0.3) is 22.3 Å². The monoisotopic (exact) mass is 651 g/mol. The third-order valence-corrected chi connectivity index (χ3v) is 7.70. The van der Waals surface area contributed by atoms with Crippen molar-refractivity contribution >= 4 is 43.2 Å². The minimum absolute atomic E-state index is 0.138. The quantitative estimate of drug-likeness (QED) is 0.108. The number of H-pyrrole nitrogens is 1. The smallest absolute Gasteiger partial charge is 0.301 e. The Morgan fingerprint density at radius 2 is 1.39 bits per heavy atom. The zero-order chi connectivity index (χ0) is 32.6. The highest BCUT2D eigenvalue weighted by Gasteiger charge is 2.32. The lowest BCUT2D eigenvalue weighted by molar-refractivity contribution is -0.388. The normalized spacial score (nSPS) is 11.5. The molecule has 0 aliphatic heterocycles. The molecule has 0 atom stereocenters. The molecule has 4 N–H and O–H groups in total. The van der Waals surface area contributed by atoms with Crippen LogP contribution in [0.15, 0.2) is 52.3 Å². The second-order valence-corrected chi connectivity index (χ2v) is 11.2. The van der Waals surface area contributed by atoms with Gasteiger partial charge in [-0.2, -0.15) is 22.0 Å². The fourth-order valence-electron chi connectivity index (χ4n) is 4.15. The molecule has 230 valence electrons. The summed E-state index contributed by atoms with van der Waals surface area (Å²) in [6, 6.07) is 6.60. The van der Waals surface area contributed by atoms with Crippen molar-refractivity contribution in [3.8, 4) is 33.8 Å². The van der Waals surface area contributed by atoms with Crippen molar-refractivity contribution in [3.05, 3.63) is 68.5 Å². The number of rotatable bonds is 10. The lowest BCUT2D eigenvalue weighted by atomic mass is 9.91. The van der Waals surface area contributed by atoms with Gasteiger partial charge in [0, 0.05) is 22.4 Å². The number of benzene rings is 3. The predicted molar refractivity (Wildman–Crippen MR) is 145 cm³/mol. The van der Waals surface area contributed by atoms with Crippen molar-refractivity contribution in [2.24, 2.45) is 0 Å². The number of carbonyl (C=O) groups excluding carboxylic acids is 1. The number of nitro groups is 2. The molecule has 0 saturated heterocycles. The SMILES string of the molecule is COc1cc([N+](=O)[O-])c(S(=O)(=O)O)cc1-c1cccc(NC(=O)c2nn[nH]n2)c1-c1cc(S(=O)(=O)O)c([N+](=O)[O-])cc1OC. The van der Waals surface area contributed by atoms with Gasteiger partial charge < -0.3 is 14.8 Å². The van der Waals surface area contributed by atoms with Crippen LogP contribution in [0.1, 0.15) is 10.6 Å². The number of nitro benzene ring substituents is 2. The zero-order valence-corrected chi connectivity index (χ0v) is 23.6. The van der Waals surface area contributed by atoms with Crippen LogP contribution in [0.4, 0.5) is 17.1 Å². The van der Waals surface area contributed by atoms with Gasteiger partial charge in [0.15, 0.2) is 9.79 Å². The van der Waals surface area contributed by atoms with E-state index < -0.39 is 63.0 Å². The standard InChI is InChI=1S/C22H17N7O13S2/c1-41-16-8-14(28(31)32)18(43(35,36)37)6-11(16)10-4-3-5-13(23-22(30)21-24-26-27-25-21)20(10)12-7-19(44(38,39)40)15(29(33)34)9-17(12)42-2/h3-9H,1-2H3,(H,23,30)(H,35,36,37)(H,38,39,40)(H,24,25,26,27). The van der Waals surface area contributed by atoms with E-state index in [0.29, 0.717) is 24.3 Å². The number of carbonyl (C=O) groups is 1. The summed E-state index contributed by atoms with van der Waals surface area (Å²) in [5, 5.41) is 38.2. The minimum atomic E-state index is -5.27. The first-order valence-electron chi connectivity index (χ1n) is 11.4. The van der Waals surface area contributed by atoms with Crippen molar-refractivity contribution < 1.29 is 50.1 Å². The van der Waals surface area contributed by atoms with E-state index in [9.17, 15) is 51.0 Å². The van der Waals surface area contributed by atoms with Gasteiger partial charge in [0.2, 0.25) is 0 Å². The first kappa shape index (κ1) is 31.4.